The Morgan fingerprint density at radius 2 is 2.00 bits per heavy atom. The summed E-state index contributed by atoms with van der Waals surface area (Å²) >= 11 is 0. The maximum absolute atomic E-state index is 10.1. The SMILES string of the molecule is O=C/C=C(/C=C/O)C(=O)O. The van der Waals surface area contributed by atoms with E-state index in [4.69, 9.17) is 10.2 Å². The van der Waals surface area contributed by atoms with Crippen LogP contribution in [0.3, 0.4) is 0 Å². The summed E-state index contributed by atoms with van der Waals surface area (Å²) in [6.07, 6.45) is 2.65. The molecule has 0 bridgehead atoms. The Bertz CT molecular complexity index is 190. The Kier molecular flexibility index (Phi) is 3.63. The van der Waals surface area contributed by atoms with Gasteiger partial charge in [-0.2, -0.15) is 0 Å². The van der Waals surface area contributed by atoms with Gasteiger partial charge in [0, 0.05) is 0 Å². The quantitative estimate of drug-likeness (QED) is 0.256. The van der Waals surface area contributed by atoms with Crippen molar-refractivity contribution in [3.05, 3.63) is 24.0 Å². The second-order valence-corrected chi connectivity index (χ2v) is 1.38. The largest absolute Gasteiger partial charge is 0.516 e. The van der Waals surface area contributed by atoms with Crippen molar-refractivity contribution in [3.63, 3.8) is 0 Å². The Balaban J connectivity index is 4.41. The zero-order valence-corrected chi connectivity index (χ0v) is 5.02. The van der Waals surface area contributed by atoms with Crippen molar-refractivity contribution >= 4 is 12.3 Å². The second-order valence-electron chi connectivity index (χ2n) is 1.38. The second kappa shape index (κ2) is 4.31. The van der Waals surface area contributed by atoms with Gasteiger partial charge >= 0.3 is 5.97 Å². The maximum atomic E-state index is 10.1. The normalized spacial score (nSPS) is 11.8. The first-order chi connectivity index (χ1) is 4.72. The fourth-order valence-electron chi connectivity index (χ4n) is 0.352. The fraction of sp³-hybridized carbons (Fsp3) is 0. The van der Waals surface area contributed by atoms with E-state index in [1.54, 1.807) is 0 Å². The number of aliphatic hydroxyl groups is 1. The summed E-state index contributed by atoms with van der Waals surface area (Å²) < 4.78 is 0. The fourth-order valence-corrected chi connectivity index (χ4v) is 0.352. The lowest BCUT2D eigenvalue weighted by molar-refractivity contribution is -0.132. The number of aliphatic carboxylic acids is 1. The number of rotatable bonds is 3. The molecular weight excluding hydrogens is 136 g/mol. The molecule has 0 spiro atoms. The molecule has 0 unspecified atom stereocenters. The van der Waals surface area contributed by atoms with Crippen LogP contribution >= 0.6 is 0 Å². The highest BCUT2D eigenvalue weighted by Crippen LogP contribution is 1.93. The van der Waals surface area contributed by atoms with Crippen molar-refractivity contribution in [2.45, 2.75) is 0 Å². The topological polar surface area (TPSA) is 74.6 Å². The third kappa shape index (κ3) is 2.66. The van der Waals surface area contributed by atoms with Crippen molar-refractivity contribution in [1.29, 1.82) is 0 Å². The van der Waals surface area contributed by atoms with Gasteiger partial charge in [0.2, 0.25) is 0 Å². The van der Waals surface area contributed by atoms with Crippen molar-refractivity contribution in [2.24, 2.45) is 0 Å². The van der Waals surface area contributed by atoms with E-state index in [9.17, 15) is 9.59 Å². The first kappa shape index (κ1) is 8.42. The molecule has 4 heteroatoms. The molecule has 0 aromatic heterocycles. The summed E-state index contributed by atoms with van der Waals surface area (Å²) in [5, 5.41) is 16.4. The molecule has 4 nitrogen and oxygen atoms in total. The average Bonchev–Trinajstić information content (AvgIpc) is 1.87. The molecule has 0 aliphatic carbocycles. The number of carboxylic acids is 1. The van der Waals surface area contributed by atoms with Crippen LogP contribution in [0.25, 0.3) is 0 Å². The third-order valence-corrected chi connectivity index (χ3v) is 0.749. The number of carboxylic acid groups (broad SMARTS) is 1. The number of hydrogen-bond acceptors (Lipinski definition) is 3. The van der Waals surface area contributed by atoms with E-state index in [0.29, 0.717) is 12.5 Å². The molecule has 0 fully saturated rings. The van der Waals surface area contributed by atoms with Crippen molar-refractivity contribution in [1.82, 2.24) is 0 Å². The predicted octanol–water partition coefficient (Wildman–Crippen LogP) is 0.268. The van der Waals surface area contributed by atoms with E-state index < -0.39 is 5.97 Å². The smallest absolute Gasteiger partial charge is 0.335 e. The van der Waals surface area contributed by atoms with Crippen LogP contribution in [0.1, 0.15) is 0 Å². The lowest BCUT2D eigenvalue weighted by Crippen LogP contribution is -1.97. The van der Waals surface area contributed by atoms with Crippen LogP contribution in [0.5, 0.6) is 0 Å². The number of aldehydes is 1. The molecule has 0 saturated carbocycles. The number of carbonyl (C=O) groups excluding carboxylic acids is 1. The molecule has 0 aliphatic rings. The maximum Gasteiger partial charge on any atom is 0.335 e. The van der Waals surface area contributed by atoms with E-state index in [0.717, 1.165) is 12.2 Å². The molecule has 0 aliphatic heterocycles. The first-order valence-electron chi connectivity index (χ1n) is 2.42. The summed E-state index contributed by atoms with van der Waals surface area (Å²) in [5.41, 5.74) is -0.252. The highest BCUT2D eigenvalue weighted by molar-refractivity contribution is 5.93. The van der Waals surface area contributed by atoms with Gasteiger partial charge in [0.05, 0.1) is 11.8 Å². The summed E-state index contributed by atoms with van der Waals surface area (Å²) in [6, 6.07) is 0. The van der Waals surface area contributed by atoms with Gasteiger partial charge in [-0.25, -0.2) is 4.79 Å². The Morgan fingerprint density at radius 3 is 2.30 bits per heavy atom. The van der Waals surface area contributed by atoms with Crippen LogP contribution in [-0.2, 0) is 9.59 Å². The highest BCUT2D eigenvalue weighted by atomic mass is 16.4. The predicted molar refractivity (Wildman–Crippen MR) is 33.6 cm³/mol. The van der Waals surface area contributed by atoms with Gasteiger partial charge in [-0.05, 0) is 12.2 Å². The van der Waals surface area contributed by atoms with Crippen LogP contribution in [0.15, 0.2) is 24.0 Å². The van der Waals surface area contributed by atoms with E-state index in [2.05, 4.69) is 0 Å². The molecule has 0 rings (SSSR count). The third-order valence-electron chi connectivity index (χ3n) is 0.749. The zero-order valence-electron chi connectivity index (χ0n) is 5.02. The van der Waals surface area contributed by atoms with Gasteiger partial charge in [0.25, 0.3) is 0 Å². The van der Waals surface area contributed by atoms with E-state index in [-0.39, 0.29) is 5.57 Å². The molecule has 0 saturated heterocycles. The zero-order chi connectivity index (χ0) is 7.98. The van der Waals surface area contributed by atoms with E-state index >= 15 is 0 Å². The van der Waals surface area contributed by atoms with E-state index in [1.807, 2.05) is 0 Å². The Labute approximate surface area is 57.1 Å². The minimum absolute atomic E-state index is 0.252. The summed E-state index contributed by atoms with van der Waals surface area (Å²) in [7, 11) is 0. The first-order valence-corrected chi connectivity index (χ1v) is 2.42. The van der Waals surface area contributed by atoms with Gasteiger partial charge in [0.15, 0.2) is 0 Å². The average molecular weight is 142 g/mol. The lowest BCUT2D eigenvalue weighted by Gasteiger charge is -1.87. The van der Waals surface area contributed by atoms with Gasteiger partial charge in [-0.15, -0.1) is 0 Å². The van der Waals surface area contributed by atoms with Crippen LogP contribution in [-0.4, -0.2) is 22.5 Å². The van der Waals surface area contributed by atoms with Gasteiger partial charge in [0.1, 0.15) is 6.29 Å². The molecule has 0 heterocycles. The Morgan fingerprint density at radius 1 is 1.40 bits per heavy atom. The molecule has 0 amide bonds. The highest BCUT2D eigenvalue weighted by Gasteiger charge is 2.00. The standard InChI is InChI=1S/C6H6O4/c7-3-1-5(2-4-8)6(9)10/h1-4,7H,(H,9,10)/b3-1+,5-2-. The van der Waals surface area contributed by atoms with Crippen LogP contribution in [0, 0.1) is 0 Å². The monoisotopic (exact) mass is 142 g/mol. The lowest BCUT2D eigenvalue weighted by atomic mass is 10.2. The number of allylic oxidation sites excluding steroid dienone is 1. The summed E-state index contributed by atoms with van der Waals surface area (Å²) in [5.74, 6) is -1.25. The van der Waals surface area contributed by atoms with Gasteiger partial charge in [-0.1, -0.05) is 0 Å². The number of carbonyl (C=O) groups is 2. The minimum Gasteiger partial charge on any atom is -0.516 e. The molecule has 0 aromatic rings. The van der Waals surface area contributed by atoms with Crippen LogP contribution < -0.4 is 0 Å². The number of hydrogen-bond donors (Lipinski definition) is 2. The van der Waals surface area contributed by atoms with Gasteiger partial charge < -0.3 is 10.2 Å². The van der Waals surface area contributed by atoms with Crippen LogP contribution in [0.4, 0.5) is 0 Å². The van der Waals surface area contributed by atoms with Crippen molar-refractivity contribution in [2.75, 3.05) is 0 Å². The molecule has 0 radical (unpaired) electrons. The molecule has 0 atom stereocenters. The number of aliphatic hydroxyl groups excluding tert-OH is 1. The molecule has 10 heavy (non-hydrogen) atoms. The molecule has 54 valence electrons. The van der Waals surface area contributed by atoms with Gasteiger partial charge in [-0.3, -0.25) is 4.79 Å². The van der Waals surface area contributed by atoms with Crippen molar-refractivity contribution in [3.8, 4) is 0 Å². The van der Waals surface area contributed by atoms with Crippen LogP contribution in [0.2, 0.25) is 0 Å². The molecule has 2 N–H and O–H groups in total. The minimum atomic E-state index is -1.25. The summed E-state index contributed by atoms with van der Waals surface area (Å²) in [6.45, 7) is 0. The molecule has 0 aromatic carbocycles. The van der Waals surface area contributed by atoms with E-state index in [1.165, 1.54) is 0 Å². The van der Waals surface area contributed by atoms with Crippen molar-refractivity contribution < 1.29 is 19.8 Å². The molecular formula is C6H6O4. The summed E-state index contributed by atoms with van der Waals surface area (Å²) in [4.78, 5) is 19.8. The Hall–Kier alpha value is -1.58.